The number of rotatable bonds is 7. The normalized spacial score (nSPS) is 22.3. The minimum Gasteiger partial charge on any atom is -0.393 e. The summed E-state index contributed by atoms with van der Waals surface area (Å²) in [5, 5.41) is 10.5. The van der Waals surface area contributed by atoms with Gasteiger partial charge >= 0.3 is 7.60 Å². The number of aliphatic hydroxyl groups excluding tert-OH is 1. The highest BCUT2D eigenvalue weighted by molar-refractivity contribution is 7.51. The Balaban J connectivity index is 1.66. The molecule has 0 aromatic heterocycles. The molecule has 2 aromatic rings. The number of aliphatic hydroxyl groups is 1. The Bertz CT molecular complexity index is 883. The molecule has 1 fully saturated rings. The molecule has 0 saturated heterocycles. The van der Waals surface area contributed by atoms with Crippen LogP contribution in [0.3, 0.4) is 0 Å². The van der Waals surface area contributed by atoms with Crippen LogP contribution in [0.5, 0.6) is 0 Å². The third-order valence-electron chi connectivity index (χ3n) is 6.40. The van der Waals surface area contributed by atoms with Crippen molar-refractivity contribution >= 4 is 7.60 Å². The quantitative estimate of drug-likeness (QED) is 0.551. The van der Waals surface area contributed by atoms with Gasteiger partial charge in [0.25, 0.3) is 0 Å². The molecule has 3 rings (SSSR count). The summed E-state index contributed by atoms with van der Waals surface area (Å²) >= 11 is 0. The lowest BCUT2D eigenvalue weighted by atomic mass is 9.74. The fourth-order valence-corrected chi connectivity index (χ4v) is 5.34. The van der Waals surface area contributed by atoms with E-state index in [1.807, 2.05) is 12.1 Å². The van der Waals surface area contributed by atoms with Crippen molar-refractivity contribution in [3.05, 3.63) is 70.0 Å². The molecule has 2 aromatic carbocycles. The third-order valence-corrected chi connectivity index (χ3v) is 7.21. The number of hydrogen-bond donors (Lipinski definition) is 3. The van der Waals surface area contributed by atoms with E-state index >= 15 is 0 Å². The fourth-order valence-electron chi connectivity index (χ4n) is 4.79. The van der Waals surface area contributed by atoms with Gasteiger partial charge in [-0.15, -0.1) is 0 Å². The van der Waals surface area contributed by atoms with E-state index in [0.717, 1.165) is 54.4 Å². The summed E-state index contributed by atoms with van der Waals surface area (Å²) in [6.07, 6.45) is 4.36. The molecule has 4 nitrogen and oxygen atoms in total. The Morgan fingerprint density at radius 1 is 1.00 bits per heavy atom. The van der Waals surface area contributed by atoms with Crippen molar-refractivity contribution in [3.8, 4) is 0 Å². The second-order valence-corrected chi connectivity index (χ2v) is 10.7. The predicted octanol–water partition coefficient (Wildman–Crippen LogP) is 4.73. The maximum atomic E-state index is 13.2. The summed E-state index contributed by atoms with van der Waals surface area (Å²) in [6, 6.07) is 10.6. The molecular formula is C24H32FO4P. The number of hydrogen-bond acceptors (Lipinski definition) is 2. The molecule has 0 bridgehead atoms. The van der Waals surface area contributed by atoms with Crippen LogP contribution in [0.25, 0.3) is 0 Å². The van der Waals surface area contributed by atoms with E-state index < -0.39 is 7.60 Å². The highest BCUT2D eigenvalue weighted by Crippen LogP contribution is 2.37. The van der Waals surface area contributed by atoms with Gasteiger partial charge in [0, 0.05) is 0 Å². The predicted molar refractivity (Wildman–Crippen MR) is 117 cm³/mol. The summed E-state index contributed by atoms with van der Waals surface area (Å²) in [6.45, 7) is 4.13. The van der Waals surface area contributed by atoms with Gasteiger partial charge in [0.15, 0.2) is 0 Å². The molecule has 3 atom stereocenters. The van der Waals surface area contributed by atoms with Crippen molar-refractivity contribution in [1.82, 2.24) is 0 Å². The molecule has 0 aliphatic heterocycles. The molecule has 1 aliphatic carbocycles. The van der Waals surface area contributed by atoms with E-state index in [9.17, 15) is 14.1 Å². The van der Waals surface area contributed by atoms with Gasteiger partial charge in [-0.3, -0.25) is 4.57 Å². The summed E-state index contributed by atoms with van der Waals surface area (Å²) in [7, 11) is -3.99. The summed E-state index contributed by atoms with van der Waals surface area (Å²) in [5.41, 5.74) is 5.65. The van der Waals surface area contributed by atoms with Crippen molar-refractivity contribution in [3.63, 3.8) is 0 Å². The van der Waals surface area contributed by atoms with Crippen LogP contribution < -0.4 is 0 Å². The van der Waals surface area contributed by atoms with E-state index in [-0.39, 0.29) is 24.0 Å². The lowest BCUT2D eigenvalue weighted by molar-refractivity contribution is 0.0482. The van der Waals surface area contributed by atoms with E-state index in [1.54, 1.807) is 12.1 Å². The minimum absolute atomic E-state index is 0.128. The molecule has 0 amide bonds. The van der Waals surface area contributed by atoms with Crippen molar-refractivity contribution in [2.24, 2.45) is 11.8 Å². The first-order valence-electron chi connectivity index (χ1n) is 10.7. The number of aryl methyl sites for hydroxylation is 3. The van der Waals surface area contributed by atoms with Crippen LogP contribution in [-0.4, -0.2) is 27.2 Å². The molecule has 1 saturated carbocycles. The van der Waals surface area contributed by atoms with Gasteiger partial charge in [-0.1, -0.05) is 24.3 Å². The number of benzene rings is 2. The van der Waals surface area contributed by atoms with Crippen LogP contribution in [0, 0.1) is 31.5 Å². The van der Waals surface area contributed by atoms with Gasteiger partial charge in [-0.25, -0.2) is 4.39 Å². The SMILES string of the molecule is Cc1cc(CCP(=O)(O)O)cc(C)c1CC1CCC(O)C(Cc2ccc(F)cc2)C1. The lowest BCUT2D eigenvalue weighted by Gasteiger charge is -2.34. The minimum atomic E-state index is -3.99. The van der Waals surface area contributed by atoms with Crippen molar-refractivity contribution in [1.29, 1.82) is 0 Å². The number of halogens is 1. The summed E-state index contributed by atoms with van der Waals surface area (Å²) < 4.78 is 24.3. The first kappa shape index (κ1) is 23.1. The van der Waals surface area contributed by atoms with Crippen molar-refractivity contribution < 1.29 is 23.8 Å². The van der Waals surface area contributed by atoms with Crippen molar-refractivity contribution in [2.45, 2.75) is 58.5 Å². The molecule has 3 unspecified atom stereocenters. The van der Waals surface area contributed by atoms with E-state index in [2.05, 4.69) is 13.8 Å². The molecule has 6 heteroatoms. The molecule has 0 heterocycles. The topological polar surface area (TPSA) is 77.8 Å². The van der Waals surface area contributed by atoms with E-state index in [4.69, 9.17) is 9.79 Å². The molecule has 0 spiro atoms. The average Bonchev–Trinajstić information content (AvgIpc) is 2.66. The van der Waals surface area contributed by atoms with E-state index in [0.29, 0.717) is 12.3 Å². The summed E-state index contributed by atoms with van der Waals surface area (Å²) in [4.78, 5) is 18.3. The Labute approximate surface area is 178 Å². The largest absolute Gasteiger partial charge is 0.393 e. The lowest BCUT2D eigenvalue weighted by Crippen LogP contribution is -2.31. The van der Waals surface area contributed by atoms with Crippen LogP contribution in [-0.2, 0) is 23.8 Å². The van der Waals surface area contributed by atoms with Gasteiger partial charge in [-0.05, 0) is 104 Å². The molecular weight excluding hydrogens is 402 g/mol. The van der Waals surface area contributed by atoms with E-state index in [1.165, 1.54) is 17.7 Å². The van der Waals surface area contributed by atoms with Crippen LogP contribution in [0.1, 0.15) is 47.1 Å². The molecule has 0 radical (unpaired) electrons. The van der Waals surface area contributed by atoms with Gasteiger partial charge in [0.2, 0.25) is 0 Å². The fraction of sp³-hybridized carbons (Fsp3) is 0.500. The standard InChI is InChI=1S/C24H32FO4P/c1-16-11-20(9-10-30(27,28)29)12-17(2)23(16)15-19-5-8-24(26)21(14-19)13-18-3-6-22(25)7-4-18/h3-4,6-7,11-12,19,21,24,26H,5,8-10,13-15H2,1-2H3,(H2,27,28,29). The third kappa shape index (κ3) is 6.49. The highest BCUT2D eigenvalue weighted by Gasteiger charge is 2.30. The maximum absolute atomic E-state index is 13.2. The Kier molecular flexibility index (Phi) is 7.52. The summed E-state index contributed by atoms with van der Waals surface area (Å²) in [5.74, 6) is 0.422. The second kappa shape index (κ2) is 9.74. The monoisotopic (exact) mass is 434 g/mol. The Hall–Kier alpha value is -1.52. The maximum Gasteiger partial charge on any atom is 0.325 e. The van der Waals surface area contributed by atoms with Gasteiger partial charge < -0.3 is 14.9 Å². The van der Waals surface area contributed by atoms with Gasteiger partial charge in [0.1, 0.15) is 5.82 Å². The van der Waals surface area contributed by atoms with Crippen LogP contribution >= 0.6 is 7.60 Å². The van der Waals surface area contributed by atoms with Gasteiger partial charge in [-0.2, -0.15) is 0 Å². The molecule has 1 aliphatic rings. The second-order valence-electron chi connectivity index (χ2n) is 8.89. The van der Waals surface area contributed by atoms with Gasteiger partial charge in [0.05, 0.1) is 12.3 Å². The molecule has 3 N–H and O–H groups in total. The van der Waals surface area contributed by atoms with Crippen LogP contribution in [0.2, 0.25) is 0 Å². The zero-order valence-electron chi connectivity index (χ0n) is 17.7. The zero-order chi connectivity index (χ0) is 21.9. The van der Waals surface area contributed by atoms with Crippen LogP contribution in [0.4, 0.5) is 4.39 Å². The first-order chi connectivity index (χ1) is 14.1. The highest BCUT2D eigenvalue weighted by atomic mass is 31.2. The average molecular weight is 434 g/mol. The zero-order valence-corrected chi connectivity index (χ0v) is 18.6. The molecule has 164 valence electrons. The molecule has 30 heavy (non-hydrogen) atoms. The van der Waals surface area contributed by atoms with Crippen molar-refractivity contribution in [2.75, 3.05) is 6.16 Å². The Morgan fingerprint density at radius 2 is 1.63 bits per heavy atom. The Morgan fingerprint density at radius 3 is 2.23 bits per heavy atom. The smallest absolute Gasteiger partial charge is 0.325 e. The first-order valence-corrected chi connectivity index (χ1v) is 12.5. The van der Waals surface area contributed by atoms with Crippen LogP contribution in [0.15, 0.2) is 36.4 Å².